The molecule has 5 rings (SSSR count). The molecular weight excluding hydrogens is 465 g/mol. The lowest BCUT2D eigenvalue weighted by Crippen LogP contribution is -2.40. The Morgan fingerprint density at radius 3 is 2.50 bits per heavy atom. The summed E-state index contributed by atoms with van der Waals surface area (Å²) >= 11 is 0. The van der Waals surface area contributed by atoms with Gasteiger partial charge < -0.3 is 21.3 Å². The number of rotatable bonds is 8. The van der Waals surface area contributed by atoms with Crippen LogP contribution in [0.4, 0.5) is 21.6 Å². The zero-order valence-electron chi connectivity index (χ0n) is 19.5. The zero-order valence-corrected chi connectivity index (χ0v) is 19.5. The van der Waals surface area contributed by atoms with E-state index in [0.29, 0.717) is 17.5 Å². The zero-order chi connectivity index (χ0) is 25.1. The van der Waals surface area contributed by atoms with Gasteiger partial charge in [-0.3, -0.25) is 9.59 Å². The van der Waals surface area contributed by atoms with E-state index >= 15 is 0 Å². The van der Waals surface area contributed by atoms with Crippen molar-refractivity contribution in [1.29, 1.82) is 5.26 Å². The highest BCUT2D eigenvalue weighted by Gasteiger charge is 2.26. The summed E-state index contributed by atoms with van der Waals surface area (Å²) in [6.45, 7) is 0. The van der Waals surface area contributed by atoms with Crippen LogP contribution in [0.2, 0.25) is 0 Å². The number of carbonyl (C=O) groups is 2. The summed E-state index contributed by atoms with van der Waals surface area (Å²) in [6.07, 6.45) is 7.99. The van der Waals surface area contributed by atoms with Crippen molar-refractivity contribution in [3.63, 3.8) is 0 Å². The van der Waals surface area contributed by atoms with Gasteiger partial charge in [0.25, 0.3) is 5.91 Å². The van der Waals surface area contributed by atoms with Crippen molar-refractivity contribution in [3.8, 4) is 6.07 Å². The first-order valence-corrected chi connectivity index (χ1v) is 12.0. The molecule has 11 nitrogen and oxygen atoms in total. The minimum atomic E-state index is -0.689. The van der Waals surface area contributed by atoms with Gasteiger partial charge in [0.15, 0.2) is 11.3 Å². The molecule has 0 aliphatic heterocycles. The van der Waals surface area contributed by atoms with Crippen LogP contribution in [0.1, 0.15) is 55.4 Å². The molecule has 186 valence electrons. The summed E-state index contributed by atoms with van der Waals surface area (Å²) < 4.78 is 14.9. The third-order valence-electron chi connectivity index (χ3n) is 6.31. The van der Waals surface area contributed by atoms with Crippen molar-refractivity contribution >= 4 is 34.7 Å². The van der Waals surface area contributed by atoms with Gasteiger partial charge in [-0.25, -0.2) is 14.5 Å². The summed E-state index contributed by atoms with van der Waals surface area (Å²) in [5, 5.41) is 25.8. The Kier molecular flexibility index (Phi) is 6.62. The molecule has 3 heterocycles. The van der Waals surface area contributed by atoms with Crippen LogP contribution in [0.5, 0.6) is 0 Å². The Hall–Kier alpha value is -4.27. The second-order valence-electron chi connectivity index (χ2n) is 9.16. The highest BCUT2D eigenvalue weighted by molar-refractivity contribution is 6.03. The molecular formula is C24H26FN9O2. The van der Waals surface area contributed by atoms with Crippen molar-refractivity contribution in [3.05, 3.63) is 42.2 Å². The molecule has 0 unspecified atom stereocenters. The van der Waals surface area contributed by atoms with Gasteiger partial charge in [-0.2, -0.15) is 9.65 Å². The number of fused-ring (bicyclic) bond motifs is 1. The van der Waals surface area contributed by atoms with Crippen molar-refractivity contribution in [1.82, 2.24) is 24.9 Å². The number of nitrogens with zero attached hydrogens (tertiary/aromatic N) is 5. The second kappa shape index (κ2) is 10.2. The van der Waals surface area contributed by atoms with Crippen LogP contribution in [-0.4, -0.2) is 49.5 Å². The van der Waals surface area contributed by atoms with Gasteiger partial charge in [0.1, 0.15) is 12.2 Å². The summed E-state index contributed by atoms with van der Waals surface area (Å²) in [4.78, 5) is 32.6. The monoisotopic (exact) mass is 491 g/mol. The fourth-order valence-corrected chi connectivity index (χ4v) is 4.36. The van der Waals surface area contributed by atoms with Crippen LogP contribution in [0.15, 0.2) is 30.6 Å². The van der Waals surface area contributed by atoms with Gasteiger partial charge in [-0.05, 0) is 44.6 Å². The van der Waals surface area contributed by atoms with Crippen LogP contribution in [0, 0.1) is 17.3 Å². The Balaban J connectivity index is 1.33. The number of anilines is 3. The molecule has 0 aromatic carbocycles. The Labute approximate surface area is 206 Å². The average Bonchev–Trinajstić information content (AvgIpc) is 3.55. The fourth-order valence-electron chi connectivity index (χ4n) is 4.36. The van der Waals surface area contributed by atoms with E-state index in [1.165, 1.54) is 23.0 Å². The molecule has 2 amide bonds. The van der Waals surface area contributed by atoms with Gasteiger partial charge in [0, 0.05) is 42.1 Å². The van der Waals surface area contributed by atoms with Crippen molar-refractivity contribution in [2.24, 2.45) is 0 Å². The van der Waals surface area contributed by atoms with E-state index in [1.54, 1.807) is 0 Å². The normalized spacial score (nSPS) is 19.3. The van der Waals surface area contributed by atoms with Gasteiger partial charge in [0.2, 0.25) is 11.9 Å². The number of imidazole rings is 1. The number of halogens is 1. The highest BCUT2D eigenvalue weighted by Crippen LogP contribution is 2.30. The van der Waals surface area contributed by atoms with Crippen molar-refractivity contribution < 1.29 is 14.0 Å². The largest absolute Gasteiger partial charge is 0.379 e. The van der Waals surface area contributed by atoms with E-state index in [4.69, 9.17) is 5.26 Å². The molecule has 0 radical (unpaired) electrons. The van der Waals surface area contributed by atoms with Gasteiger partial charge in [0.05, 0.1) is 18.0 Å². The predicted octanol–water partition coefficient (Wildman–Crippen LogP) is 2.84. The quantitative estimate of drug-likeness (QED) is 0.352. The molecule has 0 saturated heterocycles. The maximum Gasteiger partial charge on any atom is 0.276 e. The summed E-state index contributed by atoms with van der Waals surface area (Å²) in [5.74, 6) is -0.795. The lowest BCUT2D eigenvalue weighted by Gasteiger charge is -2.30. The molecule has 2 aliphatic rings. The molecule has 0 atom stereocenters. The minimum Gasteiger partial charge on any atom is -0.379 e. The third-order valence-corrected chi connectivity index (χ3v) is 6.31. The number of nitriles is 1. The standard InChI is InChI=1S/C24H26FN9O2/c25-20-11-17(8-10-27-20)32-24(36)19-13-28-23-18(29-14-1-2-14)12-21(33-34(19)23)30-15-3-5-16(6-4-15)31-22(35)7-9-26/h8,10-16,29H,1-7H2,(H,30,33)(H,31,35)(H,27,32,36). The smallest absolute Gasteiger partial charge is 0.276 e. The number of hydrogen-bond acceptors (Lipinski definition) is 8. The van der Waals surface area contributed by atoms with Crippen LogP contribution in [0.3, 0.4) is 0 Å². The molecule has 4 N–H and O–H groups in total. The van der Waals surface area contributed by atoms with E-state index in [-0.39, 0.29) is 35.8 Å². The minimum absolute atomic E-state index is 0.0633. The van der Waals surface area contributed by atoms with Crippen LogP contribution < -0.4 is 21.3 Å². The molecule has 0 bridgehead atoms. The molecule has 2 saturated carbocycles. The summed E-state index contributed by atoms with van der Waals surface area (Å²) in [5.41, 5.74) is 1.81. The lowest BCUT2D eigenvalue weighted by atomic mass is 9.91. The number of pyridine rings is 1. The third kappa shape index (κ3) is 5.51. The van der Waals surface area contributed by atoms with E-state index in [2.05, 4.69) is 36.3 Å². The molecule has 0 spiro atoms. The van der Waals surface area contributed by atoms with Crippen LogP contribution in [0.25, 0.3) is 5.65 Å². The van der Waals surface area contributed by atoms with E-state index in [9.17, 15) is 14.0 Å². The predicted molar refractivity (Wildman–Crippen MR) is 130 cm³/mol. The molecule has 3 aromatic rings. The number of aromatic nitrogens is 4. The number of nitrogens with one attached hydrogen (secondary N) is 4. The van der Waals surface area contributed by atoms with Crippen molar-refractivity contribution in [2.75, 3.05) is 16.0 Å². The van der Waals surface area contributed by atoms with Crippen LogP contribution >= 0.6 is 0 Å². The summed E-state index contributed by atoms with van der Waals surface area (Å²) in [7, 11) is 0. The molecule has 3 aromatic heterocycles. The van der Waals surface area contributed by atoms with E-state index in [1.807, 2.05) is 12.1 Å². The van der Waals surface area contributed by atoms with Gasteiger partial charge in [-0.15, -0.1) is 5.10 Å². The second-order valence-corrected chi connectivity index (χ2v) is 9.16. The first-order chi connectivity index (χ1) is 17.5. The summed E-state index contributed by atoms with van der Waals surface area (Å²) in [6, 6.07) is 6.99. The van der Waals surface area contributed by atoms with Crippen LogP contribution in [-0.2, 0) is 4.79 Å². The number of carbonyl (C=O) groups excluding carboxylic acids is 2. The van der Waals surface area contributed by atoms with E-state index in [0.717, 1.165) is 50.3 Å². The maximum atomic E-state index is 13.4. The maximum absolute atomic E-state index is 13.4. The Morgan fingerprint density at radius 2 is 1.78 bits per heavy atom. The highest BCUT2D eigenvalue weighted by atomic mass is 19.1. The Bertz CT molecular complexity index is 1320. The molecule has 2 aliphatic carbocycles. The topological polar surface area (TPSA) is 149 Å². The van der Waals surface area contributed by atoms with Crippen molar-refractivity contribution in [2.45, 2.75) is 63.1 Å². The number of amides is 2. The van der Waals surface area contributed by atoms with E-state index < -0.39 is 11.9 Å². The molecule has 12 heteroatoms. The lowest BCUT2D eigenvalue weighted by molar-refractivity contribution is -0.121. The Morgan fingerprint density at radius 1 is 1.06 bits per heavy atom. The first-order valence-electron chi connectivity index (χ1n) is 12.0. The molecule has 2 fully saturated rings. The first kappa shape index (κ1) is 23.5. The SMILES string of the molecule is N#CCC(=O)NC1CCC(Nc2cc(NC3CC3)c3ncc(C(=O)Nc4ccnc(F)c4)n3n2)CC1. The molecule has 36 heavy (non-hydrogen) atoms. The number of hydrogen-bond donors (Lipinski definition) is 4. The van der Waals surface area contributed by atoms with Gasteiger partial charge >= 0.3 is 0 Å². The van der Waals surface area contributed by atoms with Gasteiger partial charge in [-0.1, -0.05) is 0 Å². The average molecular weight is 492 g/mol. The fraction of sp³-hybridized carbons (Fsp3) is 0.417.